The van der Waals surface area contributed by atoms with Crippen LogP contribution in [-0.2, 0) is 18.6 Å². The summed E-state index contributed by atoms with van der Waals surface area (Å²) in [5, 5.41) is 3.62. The Morgan fingerprint density at radius 3 is 2.09 bits per heavy atom. The molecule has 0 bridgehead atoms. The van der Waals surface area contributed by atoms with E-state index in [9.17, 15) is 23.8 Å². The third-order valence-corrected chi connectivity index (χ3v) is 8.82. The van der Waals surface area contributed by atoms with Gasteiger partial charge in [-0.2, -0.15) is 0 Å². The lowest BCUT2D eigenvalue weighted by Crippen LogP contribution is -2.33. The van der Waals surface area contributed by atoms with Gasteiger partial charge in [0.15, 0.2) is 0 Å². The van der Waals surface area contributed by atoms with Crippen LogP contribution in [0.1, 0.15) is 128 Å². The number of hydrogen-bond acceptors (Lipinski definition) is 9. The van der Waals surface area contributed by atoms with Crippen LogP contribution >= 0.6 is 7.60 Å². The minimum Gasteiger partial charge on any atom is -0.457 e. The summed E-state index contributed by atoms with van der Waals surface area (Å²) in [6.45, 7) is 3.24. The Labute approximate surface area is 260 Å². The number of H-pyrrole nitrogens is 1. The zero-order valence-electron chi connectivity index (χ0n) is 26.5. The molecule has 1 aliphatic heterocycles. The number of unbranched alkanes of at least 4 members (excludes halogenated alkanes) is 15. The van der Waals surface area contributed by atoms with Crippen molar-refractivity contribution in [1.29, 1.82) is 0 Å². The molecule has 1 saturated heterocycles. The number of ether oxygens (including phenoxy) is 2. The van der Waals surface area contributed by atoms with E-state index in [1.165, 1.54) is 90.2 Å². The maximum absolute atomic E-state index is 12.4. The predicted octanol–water partition coefficient (Wildman–Crippen LogP) is 7.57. The van der Waals surface area contributed by atoms with Gasteiger partial charge in [-0.15, -0.1) is 0 Å². The van der Waals surface area contributed by atoms with Gasteiger partial charge in [-0.25, -0.2) is 14.2 Å². The predicted molar refractivity (Wildman–Crippen MR) is 169 cm³/mol. The SMILES string of the molecule is CCCCCCCCCCCCCCCCCCOC(=O)P(=O)(O)OC[C@H]1O[C@@H](n2cc(C)c(=O)[nH]c2=O)C[C@@H]1N=[N+]=[N-].N. The molecule has 4 atom stereocenters. The topological polar surface area (TPSA) is 221 Å². The first-order chi connectivity index (χ1) is 20.7. The largest absolute Gasteiger partial charge is 0.457 e. The van der Waals surface area contributed by atoms with Gasteiger partial charge in [0.1, 0.15) is 6.23 Å². The molecular formula is C29H53N6O8P. The molecule has 15 heteroatoms. The number of rotatable bonds is 23. The quantitative estimate of drug-likeness (QED) is 0.0351. The van der Waals surface area contributed by atoms with Crippen LogP contribution < -0.4 is 17.4 Å². The number of carbonyl (C=O) groups is 1. The van der Waals surface area contributed by atoms with Crippen molar-refractivity contribution in [3.8, 4) is 0 Å². The summed E-state index contributed by atoms with van der Waals surface area (Å²) in [4.78, 5) is 51.0. The average Bonchev–Trinajstić information content (AvgIpc) is 3.38. The second kappa shape index (κ2) is 22.1. The molecule has 0 aromatic carbocycles. The van der Waals surface area contributed by atoms with Gasteiger partial charge in [0.25, 0.3) is 5.56 Å². The van der Waals surface area contributed by atoms with Gasteiger partial charge in [0, 0.05) is 23.1 Å². The summed E-state index contributed by atoms with van der Waals surface area (Å²) in [5.74, 6) is 0. The number of hydrogen-bond donors (Lipinski definition) is 3. The van der Waals surface area contributed by atoms with E-state index in [2.05, 4.69) is 21.9 Å². The highest BCUT2D eigenvalue weighted by Crippen LogP contribution is 2.45. The molecule has 1 aliphatic rings. The molecule has 0 saturated carbocycles. The van der Waals surface area contributed by atoms with E-state index in [0.29, 0.717) is 6.42 Å². The Bertz CT molecular complexity index is 1190. The van der Waals surface area contributed by atoms with Crippen LogP contribution in [-0.4, -0.2) is 45.5 Å². The summed E-state index contributed by atoms with van der Waals surface area (Å²) in [7, 11) is -4.78. The Hall–Kier alpha value is -2.47. The number of nitrogens with one attached hydrogen (secondary N) is 1. The fourth-order valence-electron chi connectivity index (χ4n) is 5.14. The lowest BCUT2D eigenvalue weighted by atomic mass is 10.0. The summed E-state index contributed by atoms with van der Waals surface area (Å²) >= 11 is 0. The van der Waals surface area contributed by atoms with Crippen molar-refractivity contribution in [2.75, 3.05) is 13.2 Å². The smallest absolute Gasteiger partial charge is 0.435 e. The first-order valence-electron chi connectivity index (χ1n) is 15.9. The molecule has 252 valence electrons. The van der Waals surface area contributed by atoms with Crippen LogP contribution in [0.15, 0.2) is 20.9 Å². The van der Waals surface area contributed by atoms with Gasteiger partial charge < -0.3 is 20.5 Å². The molecule has 1 aromatic rings. The Kier molecular flexibility index (Phi) is 19.9. The molecule has 2 heterocycles. The highest BCUT2D eigenvalue weighted by atomic mass is 31.2. The number of nitrogens with zero attached hydrogens (tertiary/aromatic N) is 4. The molecule has 14 nitrogen and oxygen atoms in total. The van der Waals surface area contributed by atoms with Crippen LogP contribution in [0.2, 0.25) is 0 Å². The molecule has 1 unspecified atom stereocenters. The molecule has 1 aromatic heterocycles. The fraction of sp³-hybridized carbons (Fsp3) is 0.828. The van der Waals surface area contributed by atoms with E-state index < -0.39 is 49.5 Å². The van der Waals surface area contributed by atoms with Gasteiger partial charge >= 0.3 is 19.0 Å². The van der Waals surface area contributed by atoms with Gasteiger partial charge in [-0.1, -0.05) is 108 Å². The first-order valence-corrected chi connectivity index (χ1v) is 17.4. The Morgan fingerprint density at radius 2 is 1.57 bits per heavy atom. The fourth-order valence-corrected chi connectivity index (χ4v) is 5.85. The molecule has 2 rings (SSSR count). The third kappa shape index (κ3) is 14.5. The second-order valence-electron chi connectivity index (χ2n) is 11.3. The molecule has 44 heavy (non-hydrogen) atoms. The summed E-state index contributed by atoms with van der Waals surface area (Å²) in [6.07, 6.45) is 18.9. The van der Waals surface area contributed by atoms with E-state index in [1.807, 2.05) is 0 Å². The minimum absolute atomic E-state index is 0. The monoisotopic (exact) mass is 644 g/mol. The zero-order valence-corrected chi connectivity index (χ0v) is 27.4. The van der Waals surface area contributed by atoms with Crippen LogP contribution in [0.5, 0.6) is 0 Å². The average molecular weight is 645 g/mol. The molecule has 0 amide bonds. The van der Waals surface area contributed by atoms with E-state index >= 15 is 0 Å². The van der Waals surface area contributed by atoms with E-state index in [-0.39, 0.29) is 24.7 Å². The molecule has 0 spiro atoms. The molecular weight excluding hydrogens is 591 g/mol. The highest BCUT2D eigenvalue weighted by molar-refractivity contribution is 7.70. The molecule has 1 fully saturated rings. The zero-order chi connectivity index (χ0) is 31.5. The number of azide groups is 1. The van der Waals surface area contributed by atoms with Crippen molar-refractivity contribution in [3.05, 3.63) is 43.0 Å². The number of carbonyl (C=O) groups excluding carboxylic acids is 1. The Balaban J connectivity index is 0.00000968. The van der Waals surface area contributed by atoms with Gasteiger partial charge in [-0.05, 0) is 18.9 Å². The third-order valence-electron chi connectivity index (χ3n) is 7.73. The summed E-state index contributed by atoms with van der Waals surface area (Å²) < 4.78 is 29.2. The van der Waals surface area contributed by atoms with Crippen molar-refractivity contribution < 1.29 is 28.3 Å². The van der Waals surface area contributed by atoms with Gasteiger partial charge in [-0.3, -0.25) is 18.9 Å². The van der Waals surface area contributed by atoms with Gasteiger partial charge in [0.05, 0.1) is 25.4 Å². The maximum atomic E-state index is 12.4. The number of aromatic nitrogens is 2. The second-order valence-corrected chi connectivity index (χ2v) is 13.0. The first kappa shape index (κ1) is 39.6. The summed E-state index contributed by atoms with van der Waals surface area (Å²) in [5.41, 5.74) is 6.56. The Morgan fingerprint density at radius 1 is 1.05 bits per heavy atom. The van der Waals surface area contributed by atoms with Crippen LogP contribution in [0.3, 0.4) is 0 Å². The summed E-state index contributed by atoms with van der Waals surface area (Å²) in [6, 6.07) is -0.838. The van der Waals surface area contributed by atoms with E-state index in [4.69, 9.17) is 19.5 Å². The van der Waals surface area contributed by atoms with Crippen molar-refractivity contribution in [2.24, 2.45) is 5.11 Å². The van der Waals surface area contributed by atoms with Crippen molar-refractivity contribution in [1.82, 2.24) is 15.7 Å². The van der Waals surface area contributed by atoms with Gasteiger partial charge in [0.2, 0.25) is 0 Å². The lowest BCUT2D eigenvalue weighted by molar-refractivity contribution is -0.0239. The van der Waals surface area contributed by atoms with E-state index in [0.717, 1.165) is 23.8 Å². The molecule has 0 aliphatic carbocycles. The van der Waals surface area contributed by atoms with Crippen molar-refractivity contribution in [3.63, 3.8) is 0 Å². The van der Waals surface area contributed by atoms with Crippen LogP contribution in [0.4, 0.5) is 4.79 Å². The standard InChI is InChI=1S/C29H50N5O8P.H3N/c1-3-4-5-6-7-8-9-10-11-12-13-14-15-16-17-18-19-40-29(37)43(38,39)41-22-25-24(32-33-30)20-26(42-25)34-21-23(2)27(35)31-28(34)36;/h21,24-26H,3-20,22H2,1-2H3,(H,38,39)(H,31,35,36);1H3/t24-,25+,26+;/m0./s1. The van der Waals surface area contributed by atoms with Crippen LogP contribution in [0, 0.1) is 6.92 Å². The molecule has 0 radical (unpaired) electrons. The molecule has 5 N–H and O–H groups in total. The van der Waals surface area contributed by atoms with Crippen LogP contribution in [0.25, 0.3) is 10.4 Å². The number of aryl methyl sites for hydroxylation is 1. The van der Waals surface area contributed by atoms with Crippen molar-refractivity contribution >= 4 is 13.3 Å². The minimum atomic E-state index is -4.78. The van der Waals surface area contributed by atoms with Crippen molar-refractivity contribution in [2.45, 2.75) is 141 Å². The lowest BCUT2D eigenvalue weighted by Gasteiger charge is -2.18. The normalized spacial score (nSPS) is 19.1. The number of aromatic amines is 1. The maximum Gasteiger partial charge on any atom is 0.435 e. The highest BCUT2D eigenvalue weighted by Gasteiger charge is 2.40. The van der Waals surface area contributed by atoms with E-state index in [1.54, 1.807) is 0 Å².